The van der Waals surface area contributed by atoms with Gasteiger partial charge < -0.3 is 9.84 Å². The summed E-state index contributed by atoms with van der Waals surface area (Å²) in [4.78, 5) is 10.9. The molecule has 0 aromatic rings. The molecule has 0 bridgehead atoms. The van der Waals surface area contributed by atoms with Crippen molar-refractivity contribution in [1.82, 2.24) is 0 Å². The standard InChI is InChI=1S/C12H22O3/c1-12(2,3)9-4-6-10(7-5-9)15-11(14)8-13/h9-10,13H,4-8H2,1-3H3. The number of esters is 1. The average molecular weight is 214 g/mol. The molecule has 1 saturated carbocycles. The van der Waals surface area contributed by atoms with Crippen LogP contribution in [0.2, 0.25) is 0 Å². The highest BCUT2D eigenvalue weighted by molar-refractivity contribution is 5.70. The van der Waals surface area contributed by atoms with Crippen molar-refractivity contribution in [3.63, 3.8) is 0 Å². The van der Waals surface area contributed by atoms with Crippen LogP contribution in [-0.4, -0.2) is 23.8 Å². The molecular formula is C12H22O3. The Kier molecular flexibility index (Phi) is 4.14. The molecule has 0 aromatic heterocycles. The zero-order chi connectivity index (χ0) is 11.5. The van der Waals surface area contributed by atoms with Crippen LogP contribution in [0.3, 0.4) is 0 Å². The minimum absolute atomic E-state index is 0.0308. The summed E-state index contributed by atoms with van der Waals surface area (Å²) in [6, 6.07) is 0. The molecule has 0 saturated heterocycles. The summed E-state index contributed by atoms with van der Waals surface area (Å²) >= 11 is 0. The second-order valence-corrected chi connectivity index (χ2v) is 5.49. The van der Waals surface area contributed by atoms with Gasteiger partial charge in [-0.2, -0.15) is 0 Å². The summed E-state index contributed by atoms with van der Waals surface area (Å²) in [6.07, 6.45) is 4.14. The molecule has 1 rings (SSSR count). The van der Waals surface area contributed by atoms with E-state index in [0.29, 0.717) is 5.41 Å². The third kappa shape index (κ3) is 3.82. The zero-order valence-electron chi connectivity index (χ0n) is 9.95. The molecule has 0 amide bonds. The molecule has 15 heavy (non-hydrogen) atoms. The summed E-state index contributed by atoms with van der Waals surface area (Å²) < 4.78 is 5.11. The van der Waals surface area contributed by atoms with Crippen molar-refractivity contribution in [2.45, 2.75) is 52.6 Å². The molecule has 0 heterocycles. The maximum atomic E-state index is 10.9. The SMILES string of the molecule is CC(C)(C)C1CCC(OC(=O)CO)CC1. The number of hydrogen-bond donors (Lipinski definition) is 1. The van der Waals surface area contributed by atoms with Gasteiger partial charge in [-0.25, -0.2) is 4.79 Å². The molecule has 0 radical (unpaired) electrons. The van der Waals surface area contributed by atoms with Gasteiger partial charge in [-0.15, -0.1) is 0 Å². The van der Waals surface area contributed by atoms with E-state index < -0.39 is 12.6 Å². The Morgan fingerprint density at radius 3 is 2.20 bits per heavy atom. The Morgan fingerprint density at radius 2 is 1.80 bits per heavy atom. The molecule has 0 aromatic carbocycles. The molecule has 1 fully saturated rings. The molecule has 0 unspecified atom stereocenters. The van der Waals surface area contributed by atoms with Crippen LogP contribution in [0.5, 0.6) is 0 Å². The second-order valence-electron chi connectivity index (χ2n) is 5.49. The van der Waals surface area contributed by atoms with E-state index in [4.69, 9.17) is 9.84 Å². The molecule has 3 heteroatoms. The van der Waals surface area contributed by atoms with E-state index >= 15 is 0 Å². The topological polar surface area (TPSA) is 46.5 Å². The van der Waals surface area contributed by atoms with Gasteiger partial charge in [0.15, 0.2) is 0 Å². The van der Waals surface area contributed by atoms with Crippen LogP contribution in [0.25, 0.3) is 0 Å². The van der Waals surface area contributed by atoms with E-state index in [0.717, 1.165) is 31.6 Å². The van der Waals surface area contributed by atoms with E-state index in [1.807, 2.05) is 0 Å². The van der Waals surface area contributed by atoms with Crippen molar-refractivity contribution in [3.8, 4) is 0 Å². The lowest BCUT2D eigenvalue weighted by atomic mass is 9.72. The lowest BCUT2D eigenvalue weighted by Gasteiger charge is -2.36. The van der Waals surface area contributed by atoms with E-state index in [1.165, 1.54) is 0 Å². The molecule has 88 valence electrons. The van der Waals surface area contributed by atoms with Gasteiger partial charge in [-0.05, 0) is 37.0 Å². The highest BCUT2D eigenvalue weighted by Crippen LogP contribution is 2.38. The minimum Gasteiger partial charge on any atom is -0.461 e. The van der Waals surface area contributed by atoms with Gasteiger partial charge in [0.1, 0.15) is 12.7 Å². The summed E-state index contributed by atoms with van der Waals surface area (Å²) in [5, 5.41) is 8.57. The fourth-order valence-corrected chi connectivity index (χ4v) is 2.27. The molecule has 0 atom stereocenters. The average Bonchev–Trinajstić information content (AvgIpc) is 2.17. The first-order chi connectivity index (χ1) is 6.93. The maximum absolute atomic E-state index is 10.9. The van der Waals surface area contributed by atoms with Crippen LogP contribution in [0, 0.1) is 11.3 Å². The molecule has 0 aliphatic heterocycles. The number of aliphatic hydroxyl groups excluding tert-OH is 1. The number of hydrogen-bond acceptors (Lipinski definition) is 3. The predicted octanol–water partition coefficient (Wildman–Crippen LogP) is 2.13. The summed E-state index contributed by atoms with van der Waals surface area (Å²) in [5.41, 5.74) is 0.353. The van der Waals surface area contributed by atoms with Crippen LogP contribution in [0.15, 0.2) is 0 Å². The Bertz CT molecular complexity index is 209. The first-order valence-corrected chi connectivity index (χ1v) is 5.74. The number of carbonyl (C=O) groups is 1. The number of ether oxygens (including phenoxy) is 1. The van der Waals surface area contributed by atoms with Crippen LogP contribution >= 0.6 is 0 Å². The van der Waals surface area contributed by atoms with Crippen molar-refractivity contribution in [1.29, 1.82) is 0 Å². The normalized spacial score (nSPS) is 27.5. The molecule has 3 nitrogen and oxygen atoms in total. The summed E-state index contributed by atoms with van der Waals surface area (Å²) in [7, 11) is 0. The summed E-state index contributed by atoms with van der Waals surface area (Å²) in [6.45, 7) is 6.28. The highest BCUT2D eigenvalue weighted by Gasteiger charge is 2.30. The third-order valence-corrected chi connectivity index (χ3v) is 3.33. The first kappa shape index (κ1) is 12.5. The van der Waals surface area contributed by atoms with Crippen molar-refractivity contribution in [2.24, 2.45) is 11.3 Å². The van der Waals surface area contributed by atoms with Crippen molar-refractivity contribution in [2.75, 3.05) is 6.61 Å². The second kappa shape index (κ2) is 4.97. The summed E-state index contributed by atoms with van der Waals surface area (Å²) in [5.74, 6) is 0.232. The number of rotatable bonds is 2. The maximum Gasteiger partial charge on any atom is 0.332 e. The van der Waals surface area contributed by atoms with E-state index in [1.54, 1.807) is 0 Å². The molecule has 0 spiro atoms. The van der Waals surface area contributed by atoms with Crippen LogP contribution in [0.4, 0.5) is 0 Å². The van der Waals surface area contributed by atoms with Crippen molar-refractivity contribution >= 4 is 5.97 Å². The van der Waals surface area contributed by atoms with Crippen molar-refractivity contribution < 1.29 is 14.6 Å². The Labute approximate surface area is 91.8 Å². The van der Waals surface area contributed by atoms with Crippen LogP contribution in [0.1, 0.15) is 46.5 Å². The van der Waals surface area contributed by atoms with Crippen molar-refractivity contribution in [3.05, 3.63) is 0 Å². The van der Waals surface area contributed by atoms with Gasteiger partial charge in [-0.1, -0.05) is 20.8 Å². The molecular weight excluding hydrogens is 192 g/mol. The monoisotopic (exact) mass is 214 g/mol. The first-order valence-electron chi connectivity index (χ1n) is 5.74. The fraction of sp³-hybridized carbons (Fsp3) is 0.917. The van der Waals surface area contributed by atoms with E-state index in [-0.39, 0.29) is 6.10 Å². The van der Waals surface area contributed by atoms with Gasteiger partial charge in [0.25, 0.3) is 0 Å². The molecule has 1 aliphatic rings. The van der Waals surface area contributed by atoms with Gasteiger partial charge in [0.05, 0.1) is 0 Å². The molecule has 1 aliphatic carbocycles. The zero-order valence-corrected chi connectivity index (χ0v) is 9.95. The quantitative estimate of drug-likeness (QED) is 0.716. The van der Waals surface area contributed by atoms with Gasteiger partial charge in [0.2, 0.25) is 0 Å². The number of carbonyl (C=O) groups excluding carboxylic acids is 1. The minimum atomic E-state index is -0.501. The van der Waals surface area contributed by atoms with E-state index in [2.05, 4.69) is 20.8 Å². The Hall–Kier alpha value is -0.570. The van der Waals surface area contributed by atoms with E-state index in [9.17, 15) is 4.79 Å². The fourth-order valence-electron chi connectivity index (χ4n) is 2.27. The largest absolute Gasteiger partial charge is 0.461 e. The number of aliphatic hydroxyl groups is 1. The van der Waals surface area contributed by atoms with Crippen LogP contribution < -0.4 is 0 Å². The predicted molar refractivity (Wildman–Crippen MR) is 58.4 cm³/mol. The van der Waals surface area contributed by atoms with Gasteiger partial charge in [0, 0.05) is 0 Å². The lowest BCUT2D eigenvalue weighted by Crippen LogP contribution is -2.30. The highest BCUT2D eigenvalue weighted by atomic mass is 16.6. The lowest BCUT2D eigenvalue weighted by molar-refractivity contribution is -0.154. The van der Waals surface area contributed by atoms with Gasteiger partial charge in [-0.3, -0.25) is 0 Å². The smallest absolute Gasteiger partial charge is 0.332 e. The Morgan fingerprint density at radius 1 is 1.27 bits per heavy atom. The molecule has 1 N–H and O–H groups in total. The van der Waals surface area contributed by atoms with Crippen LogP contribution in [-0.2, 0) is 9.53 Å². The Balaban J connectivity index is 2.33. The van der Waals surface area contributed by atoms with Gasteiger partial charge >= 0.3 is 5.97 Å². The third-order valence-electron chi connectivity index (χ3n) is 3.33.